The Morgan fingerprint density at radius 2 is 1.94 bits per heavy atom. The van der Waals surface area contributed by atoms with E-state index in [2.05, 4.69) is 5.32 Å². The molecule has 0 spiro atoms. The first-order chi connectivity index (χ1) is 8.62. The molecular weight excluding hydrogens is 248 g/mol. The van der Waals surface area contributed by atoms with E-state index >= 15 is 0 Å². The van der Waals surface area contributed by atoms with Gasteiger partial charge in [0.05, 0.1) is 22.3 Å². The van der Waals surface area contributed by atoms with E-state index in [0.29, 0.717) is 12.1 Å². The van der Waals surface area contributed by atoms with Crippen LogP contribution in [0.1, 0.15) is 18.4 Å². The Bertz CT molecular complexity index is 539. The third-order valence-corrected chi connectivity index (χ3v) is 4.75. The Labute approximate surface area is 108 Å². The number of hydrogen-bond acceptors (Lipinski definition) is 4. The van der Waals surface area contributed by atoms with E-state index in [-0.39, 0.29) is 10.6 Å². The molecule has 0 radical (unpaired) electrons. The molecule has 1 aliphatic rings. The zero-order chi connectivity index (χ0) is 13.0. The fraction of sp³-hybridized carbons (Fsp3) is 0.462. The number of sulfone groups is 1. The predicted molar refractivity (Wildman–Crippen MR) is 68.8 cm³/mol. The largest absolute Gasteiger partial charge is 0.315 e. The van der Waals surface area contributed by atoms with Crippen molar-refractivity contribution < 1.29 is 8.42 Å². The first-order valence-corrected chi connectivity index (χ1v) is 7.71. The van der Waals surface area contributed by atoms with E-state index in [9.17, 15) is 8.42 Å². The van der Waals surface area contributed by atoms with Gasteiger partial charge in [-0.15, -0.1) is 0 Å². The lowest BCUT2D eigenvalue weighted by molar-refractivity contribution is 0.588. The van der Waals surface area contributed by atoms with Gasteiger partial charge in [0.1, 0.15) is 0 Å². The van der Waals surface area contributed by atoms with Crippen LogP contribution in [0.15, 0.2) is 29.2 Å². The number of benzene rings is 1. The highest BCUT2D eigenvalue weighted by atomic mass is 32.2. The molecule has 4 nitrogen and oxygen atoms in total. The van der Waals surface area contributed by atoms with Gasteiger partial charge >= 0.3 is 0 Å². The smallest absolute Gasteiger partial charge is 0.179 e. The van der Waals surface area contributed by atoms with Crippen molar-refractivity contribution in [1.82, 2.24) is 5.32 Å². The zero-order valence-electron chi connectivity index (χ0n) is 10.1. The highest BCUT2D eigenvalue weighted by Gasteiger charge is 2.21. The lowest BCUT2D eigenvalue weighted by Gasteiger charge is -2.05. The van der Waals surface area contributed by atoms with Gasteiger partial charge in [-0.2, -0.15) is 5.26 Å². The molecule has 5 heteroatoms. The summed E-state index contributed by atoms with van der Waals surface area (Å²) in [7, 11) is -3.23. The topological polar surface area (TPSA) is 70.0 Å². The van der Waals surface area contributed by atoms with E-state index in [1.807, 2.05) is 6.07 Å². The van der Waals surface area contributed by atoms with Gasteiger partial charge in [-0.05, 0) is 49.6 Å². The van der Waals surface area contributed by atoms with Crippen LogP contribution in [-0.4, -0.2) is 27.3 Å². The van der Waals surface area contributed by atoms with Crippen LogP contribution in [0.4, 0.5) is 0 Å². The summed E-state index contributed by atoms with van der Waals surface area (Å²) in [5.74, 6) is 0.855. The minimum atomic E-state index is -3.23. The molecule has 0 bridgehead atoms. The quantitative estimate of drug-likeness (QED) is 0.787. The molecule has 0 unspecified atom stereocenters. The van der Waals surface area contributed by atoms with Gasteiger partial charge in [0.15, 0.2) is 9.84 Å². The third-order valence-electron chi connectivity index (χ3n) is 3.02. The highest BCUT2D eigenvalue weighted by Crippen LogP contribution is 2.27. The fourth-order valence-electron chi connectivity index (χ4n) is 1.69. The lowest BCUT2D eigenvalue weighted by atomic mass is 10.2. The van der Waals surface area contributed by atoms with Gasteiger partial charge in [0, 0.05) is 6.54 Å². The van der Waals surface area contributed by atoms with Gasteiger partial charge in [-0.1, -0.05) is 0 Å². The first kappa shape index (κ1) is 13.1. The summed E-state index contributed by atoms with van der Waals surface area (Å²) in [6, 6.07) is 8.02. The van der Waals surface area contributed by atoms with Crippen molar-refractivity contribution >= 4 is 9.84 Å². The molecule has 1 saturated carbocycles. The van der Waals surface area contributed by atoms with Gasteiger partial charge in [-0.3, -0.25) is 0 Å². The average Bonchev–Trinajstić information content (AvgIpc) is 3.19. The molecule has 0 amide bonds. The normalized spacial score (nSPS) is 15.3. The van der Waals surface area contributed by atoms with Crippen molar-refractivity contribution in [2.45, 2.75) is 17.7 Å². The molecule has 0 atom stereocenters. The Balaban J connectivity index is 1.89. The van der Waals surface area contributed by atoms with Gasteiger partial charge in [-0.25, -0.2) is 8.42 Å². The summed E-state index contributed by atoms with van der Waals surface area (Å²) in [6.45, 7) is 1.40. The van der Waals surface area contributed by atoms with Crippen LogP contribution in [0.2, 0.25) is 0 Å². The molecule has 18 heavy (non-hydrogen) atoms. The number of nitrogens with one attached hydrogen (secondary N) is 1. The summed E-state index contributed by atoms with van der Waals surface area (Å²) in [5, 5.41) is 11.8. The maximum atomic E-state index is 12.0. The van der Waals surface area contributed by atoms with Crippen molar-refractivity contribution in [3.8, 4) is 6.07 Å². The maximum Gasteiger partial charge on any atom is 0.179 e. The average molecular weight is 264 g/mol. The van der Waals surface area contributed by atoms with E-state index < -0.39 is 9.84 Å². The van der Waals surface area contributed by atoms with Crippen molar-refractivity contribution in [2.24, 2.45) is 5.92 Å². The molecule has 1 aliphatic carbocycles. The van der Waals surface area contributed by atoms with Crippen molar-refractivity contribution in [2.75, 3.05) is 18.8 Å². The van der Waals surface area contributed by atoms with Crippen LogP contribution in [0.5, 0.6) is 0 Å². The summed E-state index contributed by atoms with van der Waals surface area (Å²) in [4.78, 5) is 0.287. The van der Waals surface area contributed by atoms with Crippen LogP contribution in [0, 0.1) is 17.2 Å². The van der Waals surface area contributed by atoms with Gasteiger partial charge < -0.3 is 5.32 Å². The number of rotatable bonds is 6. The van der Waals surface area contributed by atoms with Gasteiger partial charge in [0.2, 0.25) is 0 Å². The van der Waals surface area contributed by atoms with Crippen LogP contribution < -0.4 is 5.32 Å². The predicted octanol–water partition coefficient (Wildman–Crippen LogP) is 1.33. The van der Waals surface area contributed by atoms with E-state index in [4.69, 9.17) is 5.26 Å². The Morgan fingerprint density at radius 1 is 1.28 bits per heavy atom. The van der Waals surface area contributed by atoms with Crippen molar-refractivity contribution in [1.29, 1.82) is 5.26 Å². The molecule has 1 aromatic rings. The molecule has 96 valence electrons. The summed E-state index contributed by atoms with van der Waals surface area (Å²) < 4.78 is 23.9. The number of nitriles is 1. The summed E-state index contributed by atoms with van der Waals surface area (Å²) in [6.07, 6.45) is 2.52. The fourth-order valence-corrected chi connectivity index (χ4v) is 2.89. The monoisotopic (exact) mass is 264 g/mol. The van der Waals surface area contributed by atoms with Crippen molar-refractivity contribution in [3.05, 3.63) is 29.8 Å². The Hall–Kier alpha value is -1.38. The molecule has 1 N–H and O–H groups in total. The zero-order valence-corrected chi connectivity index (χ0v) is 10.9. The number of hydrogen-bond donors (Lipinski definition) is 1. The summed E-state index contributed by atoms with van der Waals surface area (Å²) in [5.41, 5.74) is 0.473. The van der Waals surface area contributed by atoms with E-state index in [1.165, 1.54) is 37.1 Å². The van der Waals surface area contributed by atoms with Crippen LogP contribution in [-0.2, 0) is 9.84 Å². The standard InChI is InChI=1S/C13H16N2O2S/c14-9-11-3-5-13(6-4-11)18(16,17)8-7-15-10-12-1-2-12/h3-6,12,15H,1-2,7-8,10H2. The van der Waals surface area contributed by atoms with Crippen molar-refractivity contribution in [3.63, 3.8) is 0 Å². The highest BCUT2D eigenvalue weighted by molar-refractivity contribution is 7.91. The molecular formula is C13H16N2O2S. The molecule has 0 aromatic heterocycles. The summed E-state index contributed by atoms with van der Waals surface area (Å²) >= 11 is 0. The molecule has 0 aliphatic heterocycles. The minimum Gasteiger partial charge on any atom is -0.315 e. The molecule has 0 saturated heterocycles. The molecule has 1 aromatic carbocycles. The van der Waals surface area contributed by atoms with Crippen LogP contribution >= 0.6 is 0 Å². The Kier molecular flexibility index (Phi) is 4.00. The van der Waals surface area contributed by atoms with E-state index in [1.54, 1.807) is 0 Å². The number of nitrogens with zero attached hydrogens (tertiary/aromatic N) is 1. The second-order valence-corrected chi connectivity index (χ2v) is 6.71. The molecule has 0 heterocycles. The van der Waals surface area contributed by atoms with Crippen LogP contribution in [0.25, 0.3) is 0 Å². The maximum absolute atomic E-state index is 12.0. The third kappa shape index (κ3) is 3.56. The van der Waals surface area contributed by atoms with Crippen LogP contribution in [0.3, 0.4) is 0 Å². The Morgan fingerprint density at radius 3 is 2.50 bits per heavy atom. The minimum absolute atomic E-state index is 0.103. The second kappa shape index (κ2) is 5.51. The molecule has 2 rings (SSSR count). The first-order valence-electron chi connectivity index (χ1n) is 6.05. The SMILES string of the molecule is N#Cc1ccc(S(=O)(=O)CCNCC2CC2)cc1. The molecule has 1 fully saturated rings. The van der Waals surface area contributed by atoms with E-state index in [0.717, 1.165) is 12.5 Å². The second-order valence-electron chi connectivity index (χ2n) is 4.60. The van der Waals surface area contributed by atoms with Gasteiger partial charge in [0.25, 0.3) is 0 Å². The lowest BCUT2D eigenvalue weighted by Crippen LogP contribution is -2.24.